The molecule has 0 spiro atoms. The molecule has 2 amide bonds. The predicted molar refractivity (Wildman–Crippen MR) is 174 cm³/mol. The van der Waals surface area contributed by atoms with Crippen LogP contribution in [-0.2, 0) is 9.59 Å². The number of benzene rings is 4. The van der Waals surface area contributed by atoms with Crippen LogP contribution in [0.4, 0.5) is 60.5 Å². The molecule has 0 N–H and O–H groups in total. The lowest BCUT2D eigenvalue weighted by atomic mass is 10.1. The highest BCUT2D eigenvalue weighted by Gasteiger charge is 2.48. The number of rotatable bonds is 8. The topological polar surface area (TPSA) is 184 Å². The molecule has 0 bridgehead atoms. The first-order chi connectivity index (χ1) is 24.6. The molecule has 0 radical (unpaired) electrons. The molecule has 0 aliphatic heterocycles. The molecule has 4 rings (SSSR count). The van der Waals surface area contributed by atoms with Gasteiger partial charge in [0, 0.05) is 23.5 Å². The van der Waals surface area contributed by atoms with Gasteiger partial charge in [0.2, 0.25) is 0 Å². The first-order valence-electron chi connectivity index (χ1n) is 14.1. The second-order valence-electron chi connectivity index (χ2n) is 10.7. The van der Waals surface area contributed by atoms with Gasteiger partial charge in [-0.3, -0.25) is 39.6 Å². The number of carbonyl (C=O) groups is 2. The fraction of sp³-hybridized carbons (Fsp3) is 0.125. The lowest BCUT2D eigenvalue weighted by Crippen LogP contribution is -2.38. The Hall–Kier alpha value is -6.44. The van der Waals surface area contributed by atoms with Crippen LogP contribution in [0.1, 0.15) is 22.3 Å². The number of ether oxygens (including phenoxy) is 1. The number of halogens is 8. The maximum atomic E-state index is 14.0. The number of nitriles is 2. The minimum Gasteiger partial charge on any atom is -0.451 e. The summed E-state index contributed by atoms with van der Waals surface area (Å²) in [6.07, 6.45) is -11.4. The average molecular weight is 781 g/mol. The number of carbonyl (C=O) groups excluding carboxylic acids is 2. The van der Waals surface area contributed by atoms with Crippen molar-refractivity contribution in [2.45, 2.75) is 26.2 Å². The van der Waals surface area contributed by atoms with Gasteiger partial charge in [-0.05, 0) is 38.1 Å². The van der Waals surface area contributed by atoms with Gasteiger partial charge in [0.15, 0.2) is 11.5 Å². The van der Waals surface area contributed by atoms with Crippen LogP contribution in [0, 0.1) is 56.7 Å². The number of nitro benzene ring substituents is 2. The monoisotopic (exact) mass is 780 g/mol. The summed E-state index contributed by atoms with van der Waals surface area (Å²) in [5.41, 5.74) is -7.49. The van der Waals surface area contributed by atoms with Gasteiger partial charge in [-0.1, -0.05) is 58.6 Å². The molecule has 0 heterocycles. The van der Waals surface area contributed by atoms with Crippen molar-refractivity contribution >= 4 is 69.1 Å². The van der Waals surface area contributed by atoms with E-state index in [0.717, 1.165) is 24.3 Å². The maximum absolute atomic E-state index is 14.0. The Morgan fingerprint density at radius 3 is 1.23 bits per heavy atom. The van der Waals surface area contributed by atoms with E-state index in [9.17, 15) is 66.7 Å². The van der Waals surface area contributed by atoms with Crippen molar-refractivity contribution in [2.75, 3.05) is 9.80 Å². The van der Waals surface area contributed by atoms with Crippen molar-refractivity contribution in [3.63, 3.8) is 0 Å². The molecule has 0 saturated carbocycles. The van der Waals surface area contributed by atoms with E-state index in [1.165, 1.54) is 50.3 Å². The zero-order valence-corrected chi connectivity index (χ0v) is 27.9. The van der Waals surface area contributed by atoms with Gasteiger partial charge >= 0.3 is 24.2 Å². The molecule has 0 saturated heterocycles. The summed E-state index contributed by atoms with van der Waals surface area (Å²) in [5.74, 6) is -7.70. The molecule has 4 aromatic carbocycles. The van der Waals surface area contributed by atoms with E-state index in [0.29, 0.717) is 23.3 Å². The van der Waals surface area contributed by atoms with Gasteiger partial charge in [0.1, 0.15) is 44.7 Å². The molecule has 4 aromatic rings. The molecule has 0 fully saturated rings. The number of anilines is 4. The van der Waals surface area contributed by atoms with Gasteiger partial charge in [0.05, 0.1) is 9.85 Å². The number of hydrogen-bond donors (Lipinski definition) is 0. The van der Waals surface area contributed by atoms with E-state index in [1.807, 2.05) is 0 Å². The molecule has 53 heavy (non-hydrogen) atoms. The summed E-state index contributed by atoms with van der Waals surface area (Å²) in [6.45, 7) is 3.06. The third kappa shape index (κ3) is 7.76. The van der Waals surface area contributed by atoms with E-state index >= 15 is 0 Å². The van der Waals surface area contributed by atoms with Crippen molar-refractivity contribution in [1.82, 2.24) is 0 Å². The summed E-state index contributed by atoms with van der Waals surface area (Å²) < 4.78 is 89.5. The summed E-state index contributed by atoms with van der Waals surface area (Å²) in [7, 11) is 0. The van der Waals surface area contributed by atoms with E-state index < -0.39 is 101 Å². The van der Waals surface area contributed by atoms with Crippen LogP contribution in [0.3, 0.4) is 0 Å². The highest BCUT2D eigenvalue weighted by atomic mass is 35.5. The first kappa shape index (κ1) is 39.3. The van der Waals surface area contributed by atoms with Crippen molar-refractivity contribution in [1.29, 1.82) is 10.5 Å². The third-order valence-corrected chi connectivity index (χ3v) is 7.81. The van der Waals surface area contributed by atoms with Crippen LogP contribution in [0.25, 0.3) is 0 Å². The Labute approximate surface area is 302 Å². The predicted octanol–water partition coefficient (Wildman–Crippen LogP) is 9.42. The molecule has 0 aliphatic carbocycles. The molecule has 272 valence electrons. The van der Waals surface area contributed by atoms with E-state index in [-0.39, 0.29) is 9.80 Å². The van der Waals surface area contributed by atoms with Crippen molar-refractivity contribution in [2.24, 2.45) is 0 Å². The second kappa shape index (κ2) is 14.7. The Bertz CT molecular complexity index is 2110. The third-order valence-electron chi connectivity index (χ3n) is 7.11. The normalized spacial score (nSPS) is 11.2. The fourth-order valence-electron chi connectivity index (χ4n) is 4.73. The molecule has 0 atom stereocenters. The molecule has 21 heteroatoms. The Morgan fingerprint density at radius 2 is 0.981 bits per heavy atom. The fourth-order valence-corrected chi connectivity index (χ4v) is 5.37. The Morgan fingerprint density at radius 1 is 0.679 bits per heavy atom. The highest BCUT2D eigenvalue weighted by molar-refractivity contribution is 6.38. The molecule has 0 unspecified atom stereocenters. The van der Waals surface area contributed by atoms with Crippen LogP contribution < -0.4 is 14.5 Å². The van der Waals surface area contributed by atoms with Gasteiger partial charge in [0.25, 0.3) is 11.4 Å². The van der Waals surface area contributed by atoms with E-state index in [4.69, 9.17) is 27.9 Å². The molecule has 0 aromatic heterocycles. The standard InChI is InChI=1S/C32H16Cl2F6N6O7/c1-15-3-7-19(8-4-15)43(29(47)31(35,36)37)25-21(45(49)50)11-17(13-41)27(23(25)33)53-28-18(14-42)12-22(46(51)52)26(24(28)34)44(30(48)32(38,39)40)20-9-5-16(2)6-10-20/h3-12H,1-2H3. The van der Waals surface area contributed by atoms with Gasteiger partial charge < -0.3 is 4.74 Å². The number of hydrogen-bond acceptors (Lipinski definition) is 9. The van der Waals surface area contributed by atoms with Crippen LogP contribution >= 0.6 is 23.2 Å². The van der Waals surface area contributed by atoms with Crippen molar-refractivity contribution in [3.8, 4) is 23.6 Å². The number of nitro groups is 2. The molecular formula is C32H16Cl2F6N6O7. The summed E-state index contributed by atoms with van der Waals surface area (Å²) in [5, 5.41) is 41.6. The van der Waals surface area contributed by atoms with Crippen LogP contribution in [0.2, 0.25) is 10.0 Å². The van der Waals surface area contributed by atoms with Crippen LogP contribution in [0.15, 0.2) is 60.7 Å². The van der Waals surface area contributed by atoms with Gasteiger partial charge in [-0.2, -0.15) is 36.9 Å². The first-order valence-corrected chi connectivity index (χ1v) is 14.8. The minimum atomic E-state index is -5.70. The smallest absolute Gasteiger partial charge is 0.451 e. The second-order valence-corrected chi connectivity index (χ2v) is 11.4. The number of aryl methyl sites for hydroxylation is 2. The lowest BCUT2D eigenvalue weighted by Gasteiger charge is -2.27. The minimum absolute atomic E-state index is 0.205. The van der Waals surface area contributed by atoms with Crippen molar-refractivity contribution < 1.29 is 50.5 Å². The number of nitrogens with zero attached hydrogens (tertiary/aromatic N) is 6. The summed E-state index contributed by atoms with van der Waals surface area (Å²) >= 11 is 12.9. The Kier molecular flexibility index (Phi) is 10.9. The van der Waals surface area contributed by atoms with E-state index in [1.54, 1.807) is 0 Å². The lowest BCUT2D eigenvalue weighted by molar-refractivity contribution is -0.384. The van der Waals surface area contributed by atoms with Crippen LogP contribution in [0.5, 0.6) is 11.5 Å². The summed E-state index contributed by atoms with van der Waals surface area (Å²) in [6, 6.07) is 12.4. The number of amides is 2. The molecular weight excluding hydrogens is 765 g/mol. The van der Waals surface area contributed by atoms with Gasteiger partial charge in [-0.15, -0.1) is 0 Å². The SMILES string of the molecule is Cc1ccc(N(C(=O)C(F)(F)F)c2c([N+](=O)[O-])cc(C#N)c(Oc3c(C#N)cc([N+](=O)[O-])c(N(C(=O)C(F)(F)F)c4ccc(C)cc4)c3Cl)c2Cl)cc1. The Balaban J connectivity index is 2.14. The van der Waals surface area contributed by atoms with E-state index in [2.05, 4.69) is 0 Å². The zero-order valence-electron chi connectivity index (χ0n) is 26.3. The highest BCUT2D eigenvalue weighted by Crippen LogP contribution is 2.53. The number of alkyl halides is 6. The quantitative estimate of drug-likeness (QED) is 0.0954. The van der Waals surface area contributed by atoms with Gasteiger partial charge in [-0.25, -0.2) is 0 Å². The largest absolute Gasteiger partial charge is 0.472 e. The average Bonchev–Trinajstić information content (AvgIpc) is 3.08. The van der Waals surface area contributed by atoms with Crippen LogP contribution in [-0.4, -0.2) is 34.0 Å². The molecule has 0 aliphatic rings. The zero-order chi connectivity index (χ0) is 39.7. The van der Waals surface area contributed by atoms with Crippen molar-refractivity contribution in [3.05, 3.63) is 113 Å². The molecule has 13 nitrogen and oxygen atoms in total. The maximum Gasteiger partial charge on any atom is 0.472 e. The summed E-state index contributed by atoms with van der Waals surface area (Å²) in [4.78, 5) is 47.0.